The molecule has 3 aromatic rings. The van der Waals surface area contributed by atoms with E-state index in [9.17, 15) is 23.5 Å². The monoisotopic (exact) mass is 551 g/mol. The molecule has 3 atom stereocenters. The summed E-state index contributed by atoms with van der Waals surface area (Å²) in [7, 11) is 1.64. The van der Waals surface area contributed by atoms with Crippen molar-refractivity contribution in [1.29, 1.82) is 0 Å². The van der Waals surface area contributed by atoms with Crippen LogP contribution in [0.2, 0.25) is 0 Å². The number of carbonyl (C=O) groups excluding carboxylic acids is 1. The van der Waals surface area contributed by atoms with Crippen LogP contribution in [0.1, 0.15) is 55.9 Å². The average molecular weight is 552 g/mol. The highest BCUT2D eigenvalue weighted by molar-refractivity contribution is 7.13. The molecule has 0 radical (unpaired) electrons. The lowest BCUT2D eigenvalue weighted by Crippen LogP contribution is -2.54. The lowest BCUT2D eigenvalue weighted by molar-refractivity contribution is -0.000459. The van der Waals surface area contributed by atoms with Gasteiger partial charge in [-0.25, -0.2) is 22.9 Å². The summed E-state index contributed by atoms with van der Waals surface area (Å²) in [5, 5.41) is 18.0. The molecule has 1 fully saturated rings. The van der Waals surface area contributed by atoms with E-state index >= 15 is 4.39 Å². The number of carbonyl (C=O) groups is 2. The van der Waals surface area contributed by atoms with Crippen molar-refractivity contribution in [2.75, 3.05) is 11.9 Å². The van der Waals surface area contributed by atoms with Crippen molar-refractivity contribution in [3.8, 4) is 10.6 Å². The molecule has 0 aliphatic carbocycles. The molecule has 13 heteroatoms. The minimum atomic E-state index is -1.55. The first-order chi connectivity index (χ1) is 17.9. The van der Waals surface area contributed by atoms with E-state index in [1.165, 1.54) is 22.3 Å². The van der Waals surface area contributed by atoms with Crippen molar-refractivity contribution in [2.45, 2.75) is 57.5 Å². The Morgan fingerprint density at radius 3 is 2.55 bits per heavy atom. The fourth-order valence-corrected chi connectivity index (χ4v) is 5.49. The topological polar surface area (TPSA) is 110 Å². The van der Waals surface area contributed by atoms with Gasteiger partial charge in [-0.3, -0.25) is 14.4 Å². The average Bonchev–Trinajstić information content (AvgIpc) is 3.39. The summed E-state index contributed by atoms with van der Waals surface area (Å²) >= 11 is 0.926. The molecule has 0 bridgehead atoms. The van der Waals surface area contributed by atoms with Crippen LogP contribution in [0.3, 0.4) is 0 Å². The van der Waals surface area contributed by atoms with Crippen LogP contribution in [0.25, 0.3) is 10.6 Å². The molecule has 1 aliphatic rings. The molecule has 1 unspecified atom stereocenters. The second kappa shape index (κ2) is 10.7. The SMILES string of the molecule is Cn1ncc(NC(=O)c2csc(-c3c(F)cccc3F)n2)c1C1CC[C@@H](N(C(=O)O)C(C)(C)C)[C@H](F)CO1. The van der Waals surface area contributed by atoms with Crippen LogP contribution in [0.4, 0.5) is 23.7 Å². The van der Waals surface area contributed by atoms with Gasteiger partial charge >= 0.3 is 6.09 Å². The Hall–Kier alpha value is -3.45. The van der Waals surface area contributed by atoms with Crippen LogP contribution in [-0.4, -0.2) is 61.1 Å². The highest BCUT2D eigenvalue weighted by Crippen LogP contribution is 2.36. The number of aryl methyl sites for hydroxylation is 1. The molecule has 1 aromatic carbocycles. The lowest BCUT2D eigenvalue weighted by Gasteiger charge is -2.40. The normalized spacial score (nSPS) is 20.1. The molecule has 2 amide bonds. The summed E-state index contributed by atoms with van der Waals surface area (Å²) in [6.07, 6.45) is -1.55. The molecule has 38 heavy (non-hydrogen) atoms. The van der Waals surface area contributed by atoms with E-state index in [1.54, 1.807) is 27.8 Å². The number of carboxylic acid groups (broad SMARTS) is 1. The van der Waals surface area contributed by atoms with Crippen molar-refractivity contribution < 1.29 is 32.6 Å². The Balaban J connectivity index is 1.53. The van der Waals surface area contributed by atoms with E-state index in [2.05, 4.69) is 15.4 Å². The number of nitrogens with zero attached hydrogens (tertiary/aromatic N) is 4. The number of hydrogen-bond donors (Lipinski definition) is 2. The Labute approximate surface area is 221 Å². The number of thiazole rings is 1. The second-order valence-electron chi connectivity index (χ2n) is 9.96. The maximum atomic E-state index is 15.1. The van der Waals surface area contributed by atoms with E-state index in [0.717, 1.165) is 28.4 Å². The van der Waals surface area contributed by atoms with Crippen LogP contribution in [-0.2, 0) is 11.8 Å². The van der Waals surface area contributed by atoms with Gasteiger partial charge in [0.1, 0.15) is 34.6 Å². The molecule has 1 saturated heterocycles. The summed E-state index contributed by atoms with van der Waals surface area (Å²) in [6, 6.07) is 2.55. The Morgan fingerprint density at radius 2 is 1.92 bits per heavy atom. The number of benzene rings is 1. The molecule has 2 N–H and O–H groups in total. The second-order valence-corrected chi connectivity index (χ2v) is 10.8. The van der Waals surface area contributed by atoms with Gasteiger partial charge in [-0.05, 0) is 45.7 Å². The van der Waals surface area contributed by atoms with E-state index in [0.29, 0.717) is 11.4 Å². The van der Waals surface area contributed by atoms with Crippen molar-refractivity contribution in [3.05, 3.63) is 52.8 Å². The predicted octanol–water partition coefficient (Wildman–Crippen LogP) is 5.41. The number of hydrogen-bond acceptors (Lipinski definition) is 6. The fraction of sp³-hybridized carbons (Fsp3) is 0.440. The van der Waals surface area contributed by atoms with Crippen LogP contribution in [0.5, 0.6) is 0 Å². The Kier molecular flexibility index (Phi) is 7.79. The fourth-order valence-electron chi connectivity index (χ4n) is 4.64. The predicted molar refractivity (Wildman–Crippen MR) is 135 cm³/mol. The first-order valence-corrected chi connectivity index (χ1v) is 12.8. The Morgan fingerprint density at radius 1 is 1.24 bits per heavy atom. The van der Waals surface area contributed by atoms with Crippen LogP contribution < -0.4 is 5.32 Å². The van der Waals surface area contributed by atoms with E-state index in [-0.39, 0.29) is 35.7 Å². The molecule has 204 valence electrons. The zero-order valence-corrected chi connectivity index (χ0v) is 22.1. The van der Waals surface area contributed by atoms with Crippen LogP contribution in [0.15, 0.2) is 29.8 Å². The van der Waals surface area contributed by atoms with Crippen molar-refractivity contribution >= 4 is 29.0 Å². The van der Waals surface area contributed by atoms with Gasteiger partial charge in [0.15, 0.2) is 0 Å². The number of halogens is 3. The molecule has 1 aliphatic heterocycles. The van der Waals surface area contributed by atoms with Crippen LogP contribution in [0, 0.1) is 11.6 Å². The summed E-state index contributed by atoms with van der Waals surface area (Å²) in [6.45, 7) is 4.78. The minimum Gasteiger partial charge on any atom is -0.465 e. The van der Waals surface area contributed by atoms with Gasteiger partial charge in [0.25, 0.3) is 5.91 Å². The molecule has 4 rings (SSSR count). The molecular weight excluding hydrogens is 523 g/mol. The van der Waals surface area contributed by atoms with Gasteiger partial charge in [-0.1, -0.05) is 6.07 Å². The summed E-state index contributed by atoms with van der Waals surface area (Å²) in [5.41, 5.74) is -0.403. The quantitative estimate of drug-likeness (QED) is 0.439. The molecule has 0 spiro atoms. The van der Waals surface area contributed by atoms with E-state index in [4.69, 9.17) is 4.74 Å². The number of anilines is 1. The number of aromatic nitrogens is 3. The van der Waals surface area contributed by atoms with Gasteiger partial charge in [0.2, 0.25) is 0 Å². The van der Waals surface area contributed by atoms with Gasteiger partial charge in [0, 0.05) is 18.0 Å². The Bertz CT molecular complexity index is 1320. The minimum absolute atomic E-state index is 0.0196. The highest BCUT2D eigenvalue weighted by atomic mass is 32.1. The number of alkyl halides is 1. The number of rotatable bonds is 5. The first kappa shape index (κ1) is 27.6. The molecule has 3 heterocycles. The van der Waals surface area contributed by atoms with E-state index in [1.807, 2.05) is 0 Å². The zero-order chi connectivity index (χ0) is 27.8. The van der Waals surface area contributed by atoms with E-state index < -0.39 is 47.5 Å². The largest absolute Gasteiger partial charge is 0.465 e. The molecule has 0 saturated carbocycles. The van der Waals surface area contributed by atoms with Crippen LogP contribution >= 0.6 is 11.3 Å². The number of ether oxygens (including phenoxy) is 1. The van der Waals surface area contributed by atoms with Gasteiger partial charge in [-0.2, -0.15) is 5.10 Å². The number of nitrogens with one attached hydrogen (secondary N) is 1. The van der Waals surface area contributed by atoms with Gasteiger partial charge in [-0.15, -0.1) is 11.3 Å². The van der Waals surface area contributed by atoms with Gasteiger partial charge in [0.05, 0.1) is 35.8 Å². The summed E-state index contributed by atoms with van der Waals surface area (Å²) in [5.74, 6) is -2.20. The third-order valence-electron chi connectivity index (χ3n) is 6.31. The van der Waals surface area contributed by atoms with Crippen molar-refractivity contribution in [2.24, 2.45) is 7.05 Å². The smallest absolute Gasteiger partial charge is 0.408 e. The third kappa shape index (κ3) is 5.53. The summed E-state index contributed by atoms with van der Waals surface area (Å²) < 4.78 is 50.7. The maximum absolute atomic E-state index is 15.1. The molecular formula is C25H28F3N5O4S. The number of amides is 2. The highest BCUT2D eigenvalue weighted by Gasteiger charge is 2.41. The van der Waals surface area contributed by atoms with Gasteiger partial charge < -0.3 is 15.2 Å². The van der Waals surface area contributed by atoms with Crippen molar-refractivity contribution in [3.63, 3.8) is 0 Å². The lowest BCUT2D eigenvalue weighted by atomic mass is 9.97. The standard InChI is InChI=1S/C25H28F3N5O4S/c1-25(2,3)33(24(35)36)18-8-9-19(37-11-15(18)28)21-16(10-29-32(21)4)30-22(34)17-12-38-23(31-17)20-13(26)6-5-7-14(20)27/h5-7,10,12,15,18-19H,8-9,11H2,1-4H3,(H,30,34)(H,35,36)/t15-,18-,19?/m1/s1. The first-order valence-electron chi connectivity index (χ1n) is 11.9. The third-order valence-corrected chi connectivity index (χ3v) is 7.17. The zero-order valence-electron chi connectivity index (χ0n) is 21.2. The van der Waals surface area contributed by atoms with Crippen molar-refractivity contribution in [1.82, 2.24) is 19.7 Å². The molecule has 2 aromatic heterocycles. The summed E-state index contributed by atoms with van der Waals surface area (Å²) in [4.78, 5) is 30.1. The molecule has 9 nitrogen and oxygen atoms in total. The maximum Gasteiger partial charge on any atom is 0.408 e.